The van der Waals surface area contributed by atoms with Gasteiger partial charge in [0.1, 0.15) is 0 Å². The van der Waals surface area contributed by atoms with Gasteiger partial charge in [-0.25, -0.2) is 0 Å². The van der Waals surface area contributed by atoms with E-state index >= 15 is 0 Å². The number of nitrogens with one attached hydrogen (secondary N) is 2. The van der Waals surface area contributed by atoms with Crippen LogP contribution in [0.4, 0.5) is 0 Å². The highest BCUT2D eigenvalue weighted by molar-refractivity contribution is 6.13. The van der Waals surface area contributed by atoms with Gasteiger partial charge in [0, 0.05) is 22.3 Å². The molecule has 0 saturated carbocycles. The maximum absolute atomic E-state index is 5.44. The lowest BCUT2D eigenvalue weighted by atomic mass is 9.96. The van der Waals surface area contributed by atoms with E-state index in [0.717, 1.165) is 67.3 Å². The lowest BCUT2D eigenvalue weighted by Crippen LogP contribution is -2.63. The summed E-state index contributed by atoms with van der Waals surface area (Å²) in [6.45, 7) is 0. The van der Waals surface area contributed by atoms with Crippen LogP contribution >= 0.6 is 0 Å². The SMILES string of the molecule is C1=C(c2ccccc2)NN(C2(N3N=C(c4ccccc4)C=C(c4ccccc4)N3)c3ccccc3-c3ccccc32)N=C1c1ccccc1. The van der Waals surface area contributed by atoms with Crippen LogP contribution in [-0.2, 0) is 5.66 Å². The molecule has 6 heteroatoms. The van der Waals surface area contributed by atoms with Crippen LogP contribution in [0.2, 0.25) is 0 Å². The summed E-state index contributed by atoms with van der Waals surface area (Å²) in [5.41, 5.74) is 18.5. The Morgan fingerprint density at radius 3 is 1.08 bits per heavy atom. The third kappa shape index (κ3) is 4.81. The third-order valence-electron chi connectivity index (χ3n) is 9.25. The minimum Gasteiger partial charge on any atom is -0.279 e. The van der Waals surface area contributed by atoms with Crippen LogP contribution in [0.1, 0.15) is 33.4 Å². The molecule has 6 aromatic rings. The molecule has 0 unspecified atom stereocenters. The molecule has 49 heavy (non-hydrogen) atoms. The lowest BCUT2D eigenvalue weighted by Gasteiger charge is -2.49. The minimum absolute atomic E-state index is 0.836. The number of hydrazine groups is 2. The second-order valence-electron chi connectivity index (χ2n) is 12.2. The van der Waals surface area contributed by atoms with E-state index in [1.54, 1.807) is 0 Å². The number of rotatable bonds is 6. The monoisotopic (exact) mass is 632 g/mol. The van der Waals surface area contributed by atoms with Crippen molar-refractivity contribution < 1.29 is 0 Å². The summed E-state index contributed by atoms with van der Waals surface area (Å²) >= 11 is 0. The van der Waals surface area contributed by atoms with Crippen molar-refractivity contribution in [3.8, 4) is 11.1 Å². The fourth-order valence-corrected chi connectivity index (χ4v) is 6.96. The van der Waals surface area contributed by atoms with Crippen LogP contribution in [-0.4, -0.2) is 21.7 Å². The summed E-state index contributed by atoms with van der Waals surface area (Å²) in [6, 6.07) is 58.6. The molecule has 2 N–H and O–H groups in total. The highest BCUT2D eigenvalue weighted by Crippen LogP contribution is 2.53. The van der Waals surface area contributed by atoms with E-state index in [1.807, 2.05) is 34.5 Å². The lowest BCUT2D eigenvalue weighted by molar-refractivity contribution is -0.0703. The van der Waals surface area contributed by atoms with Crippen molar-refractivity contribution in [3.05, 3.63) is 215 Å². The Labute approximate surface area is 285 Å². The molecular weight excluding hydrogens is 601 g/mol. The van der Waals surface area contributed by atoms with E-state index in [9.17, 15) is 0 Å². The molecule has 0 fully saturated rings. The molecule has 0 bridgehead atoms. The van der Waals surface area contributed by atoms with Gasteiger partial charge >= 0.3 is 0 Å². The Morgan fingerprint density at radius 2 is 0.694 bits per heavy atom. The van der Waals surface area contributed by atoms with E-state index in [2.05, 4.69) is 169 Å². The number of allylic oxidation sites excluding steroid dienone is 2. The zero-order valence-electron chi connectivity index (χ0n) is 26.6. The summed E-state index contributed by atoms with van der Waals surface area (Å²) < 4.78 is 0. The zero-order chi connectivity index (χ0) is 32.6. The first kappa shape index (κ1) is 28.6. The number of hydrogen-bond acceptors (Lipinski definition) is 6. The van der Waals surface area contributed by atoms with Gasteiger partial charge in [0.15, 0.2) is 0 Å². The van der Waals surface area contributed by atoms with Gasteiger partial charge in [0.05, 0.1) is 22.8 Å². The Hall–Kier alpha value is -6.66. The van der Waals surface area contributed by atoms with E-state index in [4.69, 9.17) is 10.2 Å². The summed E-state index contributed by atoms with van der Waals surface area (Å²) in [6.07, 6.45) is 4.25. The molecule has 6 nitrogen and oxygen atoms in total. The molecule has 0 atom stereocenters. The smallest absolute Gasteiger partial charge is 0.238 e. The van der Waals surface area contributed by atoms with Crippen molar-refractivity contribution in [1.82, 2.24) is 21.1 Å². The predicted molar refractivity (Wildman–Crippen MR) is 197 cm³/mol. The highest BCUT2D eigenvalue weighted by Gasteiger charge is 2.55. The molecule has 0 aromatic heterocycles. The minimum atomic E-state index is -1.07. The van der Waals surface area contributed by atoms with Crippen LogP contribution < -0.4 is 10.9 Å². The fourth-order valence-electron chi connectivity index (χ4n) is 6.96. The summed E-state index contributed by atoms with van der Waals surface area (Å²) in [4.78, 5) is 0. The molecule has 6 aromatic carbocycles. The van der Waals surface area contributed by atoms with Gasteiger partial charge in [0.25, 0.3) is 0 Å². The van der Waals surface area contributed by atoms with Gasteiger partial charge in [-0.1, -0.05) is 170 Å². The molecular formula is C43H32N6. The summed E-state index contributed by atoms with van der Waals surface area (Å²) in [5, 5.41) is 14.9. The van der Waals surface area contributed by atoms with Crippen LogP contribution in [0.5, 0.6) is 0 Å². The maximum atomic E-state index is 5.44. The first-order chi connectivity index (χ1) is 24.3. The van der Waals surface area contributed by atoms with Gasteiger partial charge in [-0.2, -0.15) is 20.4 Å². The molecule has 0 spiro atoms. The Balaban J connectivity index is 1.32. The predicted octanol–water partition coefficient (Wildman–Crippen LogP) is 8.40. The highest BCUT2D eigenvalue weighted by atomic mass is 15.9. The topological polar surface area (TPSA) is 55.3 Å². The van der Waals surface area contributed by atoms with Gasteiger partial charge in [-0.15, -0.1) is 0 Å². The maximum Gasteiger partial charge on any atom is 0.238 e. The molecule has 2 heterocycles. The molecule has 2 aliphatic heterocycles. The number of nitrogens with zero attached hydrogens (tertiary/aromatic N) is 4. The standard InChI is InChI=1S/C43H32N6/c1-5-17-31(18-6-1)39-29-40(32-19-7-2-8-20-32)45-48(44-39)43(37-27-15-13-25-35(37)36-26-14-16-28-38(36)43)49-46-41(33-21-9-3-10-22-33)30-42(47-49)34-23-11-4-12-24-34/h1-30,44,46H. The van der Waals surface area contributed by atoms with E-state index < -0.39 is 5.66 Å². The molecule has 0 amide bonds. The average molecular weight is 633 g/mol. The first-order valence-electron chi connectivity index (χ1n) is 16.4. The molecule has 234 valence electrons. The second kappa shape index (κ2) is 11.9. The van der Waals surface area contributed by atoms with Gasteiger partial charge in [0.2, 0.25) is 5.66 Å². The second-order valence-corrected chi connectivity index (χ2v) is 12.2. The average Bonchev–Trinajstić information content (AvgIpc) is 3.50. The number of hydrogen-bond donors (Lipinski definition) is 2. The van der Waals surface area contributed by atoms with Crippen molar-refractivity contribution in [1.29, 1.82) is 0 Å². The van der Waals surface area contributed by atoms with E-state index in [1.165, 1.54) is 0 Å². The number of hydrazone groups is 2. The summed E-state index contributed by atoms with van der Waals surface area (Å²) in [7, 11) is 0. The Kier molecular flexibility index (Phi) is 6.91. The molecule has 0 radical (unpaired) electrons. The van der Waals surface area contributed by atoms with Crippen molar-refractivity contribution in [3.63, 3.8) is 0 Å². The molecule has 0 saturated heterocycles. The first-order valence-corrected chi connectivity index (χ1v) is 16.4. The third-order valence-corrected chi connectivity index (χ3v) is 9.25. The van der Waals surface area contributed by atoms with Crippen molar-refractivity contribution in [2.75, 3.05) is 0 Å². The zero-order valence-corrected chi connectivity index (χ0v) is 26.6. The van der Waals surface area contributed by atoms with Gasteiger partial charge in [-0.3, -0.25) is 10.9 Å². The Morgan fingerprint density at radius 1 is 0.367 bits per heavy atom. The van der Waals surface area contributed by atoms with Crippen LogP contribution in [0.3, 0.4) is 0 Å². The molecule has 1 aliphatic carbocycles. The van der Waals surface area contributed by atoms with Crippen molar-refractivity contribution in [2.45, 2.75) is 5.66 Å². The van der Waals surface area contributed by atoms with E-state index in [0.29, 0.717) is 0 Å². The van der Waals surface area contributed by atoms with Crippen molar-refractivity contribution >= 4 is 22.8 Å². The van der Waals surface area contributed by atoms with Crippen LogP contribution in [0, 0.1) is 0 Å². The summed E-state index contributed by atoms with van der Waals surface area (Å²) in [5.74, 6) is 0. The normalized spacial score (nSPS) is 15.8. The van der Waals surface area contributed by atoms with E-state index in [-0.39, 0.29) is 0 Å². The molecule has 3 aliphatic rings. The quantitative estimate of drug-likeness (QED) is 0.194. The fraction of sp³-hybridized carbons (Fsp3) is 0.0233. The number of fused-ring (bicyclic) bond motifs is 3. The van der Waals surface area contributed by atoms with Crippen LogP contribution in [0.25, 0.3) is 22.5 Å². The van der Waals surface area contributed by atoms with Gasteiger partial charge < -0.3 is 0 Å². The van der Waals surface area contributed by atoms with Crippen molar-refractivity contribution in [2.24, 2.45) is 10.2 Å². The van der Waals surface area contributed by atoms with Gasteiger partial charge in [-0.05, 0) is 34.4 Å². The largest absolute Gasteiger partial charge is 0.279 e. The Bertz CT molecular complexity index is 2110. The number of benzene rings is 6. The van der Waals surface area contributed by atoms with Crippen LogP contribution in [0.15, 0.2) is 192 Å². The molecule has 9 rings (SSSR count).